The maximum atomic E-state index is 12.5. The number of hydrogen-bond acceptors (Lipinski definition) is 3. The van der Waals surface area contributed by atoms with Crippen LogP contribution in [-0.4, -0.2) is 49.5 Å². The predicted octanol–water partition coefficient (Wildman–Crippen LogP) is 1.18. The Morgan fingerprint density at radius 2 is 2.20 bits per heavy atom. The van der Waals surface area contributed by atoms with Gasteiger partial charge in [-0.2, -0.15) is 20.5 Å². The van der Waals surface area contributed by atoms with E-state index in [0.29, 0.717) is 6.54 Å². The number of nitrogens with one attached hydrogen (secondary N) is 2. The normalized spacial score (nSPS) is 23.4. The van der Waals surface area contributed by atoms with E-state index in [2.05, 4.69) is 10.6 Å². The van der Waals surface area contributed by atoms with Crippen LogP contribution in [0.15, 0.2) is 0 Å². The molecule has 0 aromatic heterocycles. The molecule has 2 N–H and O–H groups in total. The average Bonchev–Trinajstić information content (AvgIpc) is 2.19. The molecular weight excluding hydrogens is 232 g/mol. The van der Waals surface area contributed by atoms with Crippen LogP contribution < -0.4 is 10.6 Å². The van der Waals surface area contributed by atoms with Crippen molar-refractivity contribution >= 4 is 11.8 Å². The minimum absolute atomic E-state index is 0.0947. The molecule has 1 aliphatic rings. The quantitative estimate of drug-likeness (QED) is 0.712. The number of rotatable bonds is 5. The second-order valence-corrected chi connectivity index (χ2v) is 4.57. The van der Waals surface area contributed by atoms with Crippen LogP contribution >= 0.6 is 11.8 Å². The van der Waals surface area contributed by atoms with E-state index in [1.165, 1.54) is 0 Å². The number of thioether (sulfide) groups is 1. The fourth-order valence-electron chi connectivity index (χ4n) is 1.24. The minimum atomic E-state index is -3.93. The van der Waals surface area contributed by atoms with Gasteiger partial charge in [0.15, 0.2) is 0 Å². The molecule has 0 amide bonds. The van der Waals surface area contributed by atoms with Gasteiger partial charge in [-0.3, -0.25) is 0 Å². The van der Waals surface area contributed by atoms with E-state index >= 15 is 0 Å². The van der Waals surface area contributed by atoms with Crippen LogP contribution in [0.4, 0.5) is 17.6 Å². The standard InChI is InChI=1S/C8H14F4N2S/c9-7(10)8(11,12)5-13-3-6-4-15-2-1-14-6/h6-7,13-14H,1-5H2. The van der Waals surface area contributed by atoms with Gasteiger partial charge in [0, 0.05) is 30.6 Å². The summed E-state index contributed by atoms with van der Waals surface area (Å²) in [5, 5.41) is 5.49. The van der Waals surface area contributed by atoms with Gasteiger partial charge in [0.05, 0.1) is 6.54 Å². The zero-order valence-corrected chi connectivity index (χ0v) is 8.93. The van der Waals surface area contributed by atoms with Crippen molar-refractivity contribution in [3.05, 3.63) is 0 Å². The number of hydrogen-bond donors (Lipinski definition) is 2. The molecule has 1 heterocycles. The second-order valence-electron chi connectivity index (χ2n) is 3.42. The summed E-state index contributed by atoms with van der Waals surface area (Å²) in [6, 6.07) is 0.0947. The van der Waals surface area contributed by atoms with Crippen molar-refractivity contribution in [3.63, 3.8) is 0 Å². The summed E-state index contributed by atoms with van der Waals surface area (Å²) >= 11 is 1.73. The lowest BCUT2D eigenvalue weighted by Crippen LogP contribution is -2.48. The summed E-state index contributed by atoms with van der Waals surface area (Å²) in [6.45, 7) is 0.172. The van der Waals surface area contributed by atoms with E-state index in [1.807, 2.05) is 0 Å². The Bertz CT molecular complexity index is 185. The zero-order chi connectivity index (χ0) is 11.3. The smallest absolute Gasteiger partial charge is 0.311 e. The molecule has 0 aliphatic carbocycles. The van der Waals surface area contributed by atoms with Gasteiger partial charge in [0.25, 0.3) is 0 Å². The first-order chi connectivity index (χ1) is 7.02. The third-order valence-electron chi connectivity index (χ3n) is 2.07. The van der Waals surface area contributed by atoms with E-state index in [4.69, 9.17) is 0 Å². The van der Waals surface area contributed by atoms with Crippen LogP contribution in [-0.2, 0) is 0 Å². The second kappa shape index (κ2) is 5.91. The molecule has 0 aromatic carbocycles. The highest BCUT2D eigenvalue weighted by atomic mass is 32.2. The SMILES string of the molecule is FC(F)C(F)(F)CNCC1CSCCN1. The van der Waals surface area contributed by atoms with Crippen LogP contribution in [0.3, 0.4) is 0 Å². The zero-order valence-electron chi connectivity index (χ0n) is 8.11. The maximum Gasteiger partial charge on any atom is 0.319 e. The Morgan fingerprint density at radius 1 is 1.47 bits per heavy atom. The average molecular weight is 246 g/mol. The topological polar surface area (TPSA) is 24.1 Å². The summed E-state index contributed by atoms with van der Waals surface area (Å²) in [5.74, 6) is -2.10. The summed E-state index contributed by atoms with van der Waals surface area (Å²) in [5.41, 5.74) is 0. The van der Waals surface area contributed by atoms with Crippen LogP contribution in [0, 0.1) is 0 Å². The molecule has 15 heavy (non-hydrogen) atoms. The molecule has 1 atom stereocenters. The van der Waals surface area contributed by atoms with Gasteiger partial charge in [0.2, 0.25) is 0 Å². The van der Waals surface area contributed by atoms with E-state index in [0.717, 1.165) is 18.1 Å². The molecule has 1 fully saturated rings. The molecule has 1 unspecified atom stereocenters. The van der Waals surface area contributed by atoms with Gasteiger partial charge in [0.1, 0.15) is 0 Å². The molecule has 0 saturated carbocycles. The highest BCUT2D eigenvalue weighted by molar-refractivity contribution is 7.99. The molecule has 0 bridgehead atoms. The summed E-state index contributed by atoms with van der Waals surface area (Å²) in [7, 11) is 0. The van der Waals surface area contributed by atoms with Crippen molar-refractivity contribution in [3.8, 4) is 0 Å². The third-order valence-corrected chi connectivity index (χ3v) is 3.20. The van der Waals surface area contributed by atoms with Crippen molar-refractivity contribution < 1.29 is 17.6 Å². The van der Waals surface area contributed by atoms with Crippen molar-refractivity contribution in [1.29, 1.82) is 0 Å². The molecule has 1 aliphatic heterocycles. The summed E-state index contributed by atoms with van der Waals surface area (Å²) in [6.07, 6.45) is -3.60. The van der Waals surface area contributed by atoms with Crippen molar-refractivity contribution in [1.82, 2.24) is 10.6 Å². The minimum Gasteiger partial charge on any atom is -0.311 e. The molecule has 1 saturated heterocycles. The first-order valence-electron chi connectivity index (χ1n) is 4.70. The van der Waals surface area contributed by atoms with Gasteiger partial charge in [-0.05, 0) is 0 Å². The summed E-state index contributed by atoms with van der Waals surface area (Å²) in [4.78, 5) is 0. The Balaban J connectivity index is 2.14. The lowest BCUT2D eigenvalue weighted by atomic mass is 10.3. The Morgan fingerprint density at radius 3 is 2.73 bits per heavy atom. The van der Waals surface area contributed by atoms with Crippen molar-refractivity contribution in [2.24, 2.45) is 0 Å². The lowest BCUT2D eigenvalue weighted by Gasteiger charge is -2.24. The van der Waals surface area contributed by atoms with Crippen LogP contribution in [0.1, 0.15) is 0 Å². The fourth-order valence-corrected chi connectivity index (χ4v) is 2.19. The lowest BCUT2D eigenvalue weighted by molar-refractivity contribution is -0.125. The monoisotopic (exact) mass is 246 g/mol. The van der Waals surface area contributed by atoms with E-state index < -0.39 is 18.9 Å². The van der Waals surface area contributed by atoms with Gasteiger partial charge in [-0.1, -0.05) is 0 Å². The van der Waals surface area contributed by atoms with E-state index in [-0.39, 0.29) is 6.04 Å². The highest BCUT2D eigenvalue weighted by Gasteiger charge is 2.40. The van der Waals surface area contributed by atoms with Gasteiger partial charge >= 0.3 is 12.3 Å². The van der Waals surface area contributed by atoms with Crippen LogP contribution in [0.2, 0.25) is 0 Å². The molecule has 2 nitrogen and oxygen atoms in total. The van der Waals surface area contributed by atoms with E-state index in [1.54, 1.807) is 11.8 Å². The fraction of sp³-hybridized carbons (Fsp3) is 1.00. The predicted molar refractivity (Wildman–Crippen MR) is 52.9 cm³/mol. The first kappa shape index (κ1) is 13.1. The van der Waals surface area contributed by atoms with E-state index in [9.17, 15) is 17.6 Å². The Hall–Kier alpha value is -0.0100. The molecule has 0 radical (unpaired) electrons. The molecule has 0 aromatic rings. The van der Waals surface area contributed by atoms with Gasteiger partial charge in [-0.15, -0.1) is 0 Å². The van der Waals surface area contributed by atoms with Gasteiger partial charge in [-0.25, -0.2) is 8.78 Å². The molecule has 7 heteroatoms. The Kier molecular flexibility index (Phi) is 5.14. The largest absolute Gasteiger partial charge is 0.319 e. The maximum absolute atomic E-state index is 12.5. The van der Waals surface area contributed by atoms with Gasteiger partial charge < -0.3 is 10.6 Å². The first-order valence-corrected chi connectivity index (χ1v) is 5.85. The molecule has 0 spiro atoms. The van der Waals surface area contributed by atoms with Crippen molar-refractivity contribution in [2.45, 2.75) is 18.4 Å². The molecule has 90 valence electrons. The number of alkyl halides is 4. The molecular formula is C8H14F4N2S. The highest BCUT2D eigenvalue weighted by Crippen LogP contribution is 2.21. The van der Waals surface area contributed by atoms with Crippen LogP contribution in [0.5, 0.6) is 0 Å². The van der Waals surface area contributed by atoms with Crippen molar-refractivity contribution in [2.75, 3.05) is 31.1 Å². The Labute approximate surface area is 90.2 Å². The molecule has 1 rings (SSSR count). The third kappa shape index (κ3) is 4.56. The number of halogens is 4. The summed E-state index contributed by atoms with van der Waals surface area (Å²) < 4.78 is 48.5. The van der Waals surface area contributed by atoms with Crippen LogP contribution in [0.25, 0.3) is 0 Å².